The van der Waals surface area contributed by atoms with Gasteiger partial charge in [0.1, 0.15) is 4.83 Å². The van der Waals surface area contributed by atoms with Gasteiger partial charge in [-0.3, -0.25) is 9.59 Å². The van der Waals surface area contributed by atoms with Crippen LogP contribution in [0.3, 0.4) is 0 Å². The smallest absolute Gasteiger partial charge is 0.264 e. The highest BCUT2D eigenvalue weighted by atomic mass is 32.1. The van der Waals surface area contributed by atoms with Crippen molar-refractivity contribution in [2.24, 2.45) is 0 Å². The molecule has 0 aliphatic heterocycles. The SMILES string of the molecule is Cc1c(C(=O)N(C)Cc2cccc(N(C)C)c2)sc2nc[nH]c(=O)c12. The number of aryl methyl sites for hydroxylation is 1. The fourth-order valence-electron chi connectivity index (χ4n) is 2.73. The highest BCUT2D eigenvalue weighted by Gasteiger charge is 2.21. The van der Waals surface area contributed by atoms with E-state index in [1.54, 1.807) is 18.9 Å². The maximum absolute atomic E-state index is 12.9. The highest BCUT2D eigenvalue weighted by Crippen LogP contribution is 2.28. The van der Waals surface area contributed by atoms with Gasteiger partial charge in [0.15, 0.2) is 0 Å². The molecule has 0 spiro atoms. The topological polar surface area (TPSA) is 69.3 Å². The van der Waals surface area contributed by atoms with E-state index in [4.69, 9.17) is 0 Å². The number of hydrogen-bond acceptors (Lipinski definition) is 5. The number of fused-ring (bicyclic) bond motifs is 1. The van der Waals surface area contributed by atoms with Crippen molar-refractivity contribution >= 4 is 33.1 Å². The average Bonchev–Trinajstić information content (AvgIpc) is 2.92. The Bertz CT molecular complexity index is 990. The Balaban J connectivity index is 1.88. The summed E-state index contributed by atoms with van der Waals surface area (Å²) in [6.45, 7) is 2.29. The molecule has 2 aromatic heterocycles. The van der Waals surface area contributed by atoms with Crippen LogP contribution in [-0.2, 0) is 6.54 Å². The lowest BCUT2D eigenvalue weighted by Crippen LogP contribution is -2.26. The third kappa shape index (κ3) is 3.28. The van der Waals surface area contributed by atoms with Crippen molar-refractivity contribution < 1.29 is 4.79 Å². The van der Waals surface area contributed by atoms with Crippen molar-refractivity contribution in [1.29, 1.82) is 0 Å². The number of benzene rings is 1. The van der Waals surface area contributed by atoms with Crippen LogP contribution in [0.15, 0.2) is 35.4 Å². The monoisotopic (exact) mass is 356 g/mol. The first-order chi connectivity index (χ1) is 11.9. The van der Waals surface area contributed by atoms with E-state index in [1.807, 2.05) is 37.2 Å². The summed E-state index contributed by atoms with van der Waals surface area (Å²) in [7, 11) is 5.74. The van der Waals surface area contributed by atoms with E-state index in [9.17, 15) is 9.59 Å². The first-order valence-electron chi connectivity index (χ1n) is 7.87. The number of anilines is 1. The maximum atomic E-state index is 12.9. The highest BCUT2D eigenvalue weighted by molar-refractivity contribution is 7.20. The first kappa shape index (κ1) is 17.2. The van der Waals surface area contributed by atoms with Crippen LogP contribution in [0, 0.1) is 6.92 Å². The van der Waals surface area contributed by atoms with Crippen LogP contribution in [0.2, 0.25) is 0 Å². The van der Waals surface area contributed by atoms with Gasteiger partial charge in [0.25, 0.3) is 11.5 Å². The van der Waals surface area contributed by atoms with Gasteiger partial charge in [-0.05, 0) is 30.2 Å². The van der Waals surface area contributed by atoms with Gasteiger partial charge in [0, 0.05) is 33.4 Å². The van der Waals surface area contributed by atoms with Gasteiger partial charge in [0.05, 0.1) is 16.6 Å². The van der Waals surface area contributed by atoms with Crippen molar-refractivity contribution in [2.75, 3.05) is 26.0 Å². The lowest BCUT2D eigenvalue weighted by Gasteiger charge is -2.19. The van der Waals surface area contributed by atoms with Crippen molar-refractivity contribution in [3.05, 3.63) is 57.0 Å². The van der Waals surface area contributed by atoms with Crippen LogP contribution in [-0.4, -0.2) is 41.9 Å². The molecule has 3 rings (SSSR count). The van der Waals surface area contributed by atoms with Gasteiger partial charge >= 0.3 is 0 Å². The average molecular weight is 356 g/mol. The number of aromatic nitrogens is 2. The van der Waals surface area contributed by atoms with Gasteiger partial charge < -0.3 is 14.8 Å². The van der Waals surface area contributed by atoms with E-state index in [0.717, 1.165) is 11.3 Å². The standard InChI is InChI=1S/C18H20N4O2S/c1-11-14-16(23)19-10-20-17(14)25-15(11)18(24)22(4)9-12-6-5-7-13(8-12)21(2)3/h5-8,10H,9H2,1-4H3,(H,19,20,23). The molecule has 0 saturated carbocycles. The zero-order valence-electron chi connectivity index (χ0n) is 14.7. The number of nitrogens with zero attached hydrogens (tertiary/aromatic N) is 3. The minimum absolute atomic E-state index is 0.102. The fourth-order valence-corrected chi connectivity index (χ4v) is 3.88. The molecule has 6 nitrogen and oxygen atoms in total. The molecule has 1 amide bonds. The van der Waals surface area contributed by atoms with E-state index in [-0.39, 0.29) is 11.5 Å². The second-order valence-electron chi connectivity index (χ2n) is 6.19. The number of H-pyrrole nitrogens is 1. The second-order valence-corrected chi connectivity index (χ2v) is 7.19. The van der Waals surface area contributed by atoms with Crippen molar-refractivity contribution in [1.82, 2.24) is 14.9 Å². The maximum Gasteiger partial charge on any atom is 0.264 e. The molecule has 25 heavy (non-hydrogen) atoms. The largest absolute Gasteiger partial charge is 0.378 e. The second kappa shape index (κ2) is 6.68. The lowest BCUT2D eigenvalue weighted by atomic mass is 10.1. The van der Waals surface area contributed by atoms with Crippen molar-refractivity contribution in [3.8, 4) is 0 Å². The van der Waals surface area contributed by atoms with E-state index >= 15 is 0 Å². The van der Waals surface area contributed by atoms with Crippen LogP contribution < -0.4 is 10.5 Å². The number of hydrogen-bond donors (Lipinski definition) is 1. The number of thiophene rings is 1. The number of rotatable bonds is 4. The zero-order chi connectivity index (χ0) is 18.1. The first-order valence-corrected chi connectivity index (χ1v) is 8.68. The van der Waals surface area contributed by atoms with Gasteiger partial charge in [0.2, 0.25) is 0 Å². The van der Waals surface area contributed by atoms with Crippen LogP contribution in [0.25, 0.3) is 10.2 Å². The molecular formula is C18H20N4O2S. The normalized spacial score (nSPS) is 10.9. The summed E-state index contributed by atoms with van der Waals surface area (Å²) in [6, 6.07) is 8.07. The molecule has 130 valence electrons. The summed E-state index contributed by atoms with van der Waals surface area (Å²) in [6.07, 6.45) is 1.37. The van der Waals surface area contributed by atoms with Crippen LogP contribution >= 0.6 is 11.3 Å². The summed E-state index contributed by atoms with van der Waals surface area (Å²) < 4.78 is 0. The van der Waals surface area contributed by atoms with Gasteiger partial charge in [-0.15, -0.1) is 11.3 Å². The zero-order valence-corrected chi connectivity index (χ0v) is 15.5. The summed E-state index contributed by atoms with van der Waals surface area (Å²) in [5.41, 5.74) is 2.62. The van der Waals surface area contributed by atoms with E-state index in [0.29, 0.717) is 27.2 Å². The molecule has 0 atom stereocenters. The Morgan fingerprint density at radius 2 is 2.04 bits per heavy atom. The molecule has 3 aromatic rings. The number of amides is 1. The quantitative estimate of drug-likeness (QED) is 0.780. The van der Waals surface area contributed by atoms with E-state index in [2.05, 4.69) is 16.0 Å². The third-order valence-electron chi connectivity index (χ3n) is 4.12. The van der Waals surface area contributed by atoms with Gasteiger partial charge in [-0.2, -0.15) is 0 Å². The number of carbonyl (C=O) groups excluding carboxylic acids is 1. The summed E-state index contributed by atoms with van der Waals surface area (Å²) in [5, 5.41) is 0.499. The Labute approximate surface area is 149 Å². The summed E-state index contributed by atoms with van der Waals surface area (Å²) in [4.78, 5) is 36.4. The molecule has 0 aliphatic rings. The van der Waals surface area contributed by atoms with Crippen LogP contribution in [0.5, 0.6) is 0 Å². The van der Waals surface area contributed by atoms with E-state index < -0.39 is 0 Å². The van der Waals surface area contributed by atoms with Crippen LogP contribution in [0.4, 0.5) is 5.69 Å². The molecule has 0 saturated heterocycles. The molecule has 7 heteroatoms. The Hall–Kier alpha value is -2.67. The molecule has 1 N–H and O–H groups in total. The van der Waals surface area contributed by atoms with Gasteiger partial charge in [-0.25, -0.2) is 4.98 Å². The van der Waals surface area contributed by atoms with Crippen molar-refractivity contribution in [3.63, 3.8) is 0 Å². The predicted octanol–water partition coefficient (Wildman–Crippen LogP) is 2.63. The summed E-state index contributed by atoms with van der Waals surface area (Å²) in [5.74, 6) is -0.102. The molecule has 0 fully saturated rings. The Morgan fingerprint density at radius 3 is 2.72 bits per heavy atom. The summed E-state index contributed by atoms with van der Waals surface area (Å²) >= 11 is 1.26. The Morgan fingerprint density at radius 1 is 1.28 bits per heavy atom. The minimum Gasteiger partial charge on any atom is -0.378 e. The fraction of sp³-hybridized carbons (Fsp3) is 0.278. The lowest BCUT2D eigenvalue weighted by molar-refractivity contribution is 0.0789. The number of carbonyl (C=O) groups is 1. The molecule has 0 bridgehead atoms. The predicted molar refractivity (Wildman–Crippen MR) is 102 cm³/mol. The van der Waals surface area contributed by atoms with E-state index in [1.165, 1.54) is 17.7 Å². The number of nitrogens with one attached hydrogen (secondary N) is 1. The van der Waals surface area contributed by atoms with Gasteiger partial charge in [-0.1, -0.05) is 12.1 Å². The van der Waals surface area contributed by atoms with Crippen molar-refractivity contribution in [2.45, 2.75) is 13.5 Å². The molecule has 2 heterocycles. The minimum atomic E-state index is -0.209. The molecule has 1 aromatic carbocycles. The Kier molecular flexibility index (Phi) is 4.59. The third-order valence-corrected chi connectivity index (χ3v) is 5.31. The van der Waals surface area contributed by atoms with Crippen LogP contribution in [0.1, 0.15) is 20.8 Å². The number of aromatic amines is 1. The molecule has 0 aliphatic carbocycles. The molecule has 0 unspecified atom stereocenters. The molecule has 0 radical (unpaired) electrons. The molecular weight excluding hydrogens is 336 g/mol.